The number of hydrogen-bond acceptors (Lipinski definition) is 4. The van der Waals surface area contributed by atoms with Crippen LogP contribution in [0.3, 0.4) is 0 Å². The summed E-state index contributed by atoms with van der Waals surface area (Å²) in [5.41, 5.74) is 0.234. The molecule has 4 nitrogen and oxygen atoms in total. The molecule has 0 rings (SSSR count). The fraction of sp³-hybridized carbons (Fsp3) is 1.00. The Labute approximate surface area is 113 Å². The van der Waals surface area contributed by atoms with E-state index in [9.17, 15) is 0 Å². The van der Waals surface area contributed by atoms with Crippen LogP contribution in [0.15, 0.2) is 0 Å². The minimum absolute atomic E-state index is 0.234. The van der Waals surface area contributed by atoms with Crippen LogP contribution in [0.2, 0.25) is 0 Å². The molecule has 0 aromatic carbocycles. The average molecular weight is 260 g/mol. The predicted molar refractivity (Wildman–Crippen MR) is 77.1 cm³/mol. The van der Waals surface area contributed by atoms with Crippen LogP contribution in [-0.4, -0.2) is 64.6 Å². The maximum Gasteiger partial charge on any atom is 0.0589 e. The molecule has 4 heteroatoms. The first-order valence-electron chi connectivity index (χ1n) is 6.91. The number of rotatable bonds is 11. The standard InChI is InChI=1S/C14H32N2O2/c1-7-15-13(2)14(3,4)12-16(8-10-17-5)9-11-18-6/h13,15H,7-12H2,1-6H3. The predicted octanol–water partition coefficient (Wildman–Crippen LogP) is 1.61. The SMILES string of the molecule is CCNC(C)C(C)(C)CN(CCOC)CCOC. The van der Waals surface area contributed by atoms with Gasteiger partial charge in [-0.05, 0) is 18.9 Å². The lowest BCUT2D eigenvalue weighted by molar-refractivity contribution is 0.0783. The summed E-state index contributed by atoms with van der Waals surface area (Å²) in [5, 5.41) is 3.51. The van der Waals surface area contributed by atoms with Crippen LogP contribution in [-0.2, 0) is 9.47 Å². The van der Waals surface area contributed by atoms with E-state index in [0.29, 0.717) is 6.04 Å². The normalized spacial score (nSPS) is 14.2. The first kappa shape index (κ1) is 17.8. The van der Waals surface area contributed by atoms with E-state index < -0.39 is 0 Å². The second-order valence-electron chi connectivity index (χ2n) is 5.53. The number of nitrogens with one attached hydrogen (secondary N) is 1. The van der Waals surface area contributed by atoms with E-state index >= 15 is 0 Å². The van der Waals surface area contributed by atoms with Gasteiger partial charge in [0.05, 0.1) is 13.2 Å². The Balaban J connectivity index is 4.32. The third-order valence-corrected chi connectivity index (χ3v) is 3.54. The summed E-state index contributed by atoms with van der Waals surface area (Å²) in [4.78, 5) is 2.42. The molecule has 1 N–H and O–H groups in total. The number of nitrogens with zero attached hydrogens (tertiary/aromatic N) is 1. The third-order valence-electron chi connectivity index (χ3n) is 3.54. The Kier molecular flexibility index (Phi) is 9.64. The summed E-state index contributed by atoms with van der Waals surface area (Å²) in [6.07, 6.45) is 0. The van der Waals surface area contributed by atoms with Gasteiger partial charge in [0, 0.05) is 39.9 Å². The van der Waals surface area contributed by atoms with Gasteiger partial charge in [0.25, 0.3) is 0 Å². The van der Waals surface area contributed by atoms with Gasteiger partial charge in [-0.2, -0.15) is 0 Å². The van der Waals surface area contributed by atoms with Gasteiger partial charge < -0.3 is 14.8 Å². The van der Waals surface area contributed by atoms with E-state index in [-0.39, 0.29) is 5.41 Å². The zero-order valence-corrected chi connectivity index (χ0v) is 13.1. The van der Waals surface area contributed by atoms with E-state index in [4.69, 9.17) is 9.47 Å². The Bertz CT molecular complexity index is 190. The topological polar surface area (TPSA) is 33.7 Å². The first-order valence-corrected chi connectivity index (χ1v) is 6.91. The third kappa shape index (κ3) is 7.31. The van der Waals surface area contributed by atoms with Gasteiger partial charge >= 0.3 is 0 Å². The number of ether oxygens (including phenoxy) is 2. The molecule has 0 aromatic heterocycles. The Morgan fingerprint density at radius 3 is 2.00 bits per heavy atom. The van der Waals surface area contributed by atoms with E-state index in [0.717, 1.165) is 39.4 Å². The van der Waals surface area contributed by atoms with Crippen molar-refractivity contribution in [3.8, 4) is 0 Å². The van der Waals surface area contributed by atoms with Gasteiger partial charge in [-0.15, -0.1) is 0 Å². The molecule has 1 unspecified atom stereocenters. The van der Waals surface area contributed by atoms with Crippen molar-refractivity contribution in [2.75, 3.05) is 53.6 Å². The summed E-state index contributed by atoms with van der Waals surface area (Å²) in [7, 11) is 3.50. The molecule has 0 aliphatic carbocycles. The summed E-state index contributed by atoms with van der Waals surface area (Å²) in [5.74, 6) is 0. The summed E-state index contributed by atoms with van der Waals surface area (Å²) in [6.45, 7) is 14.6. The quantitative estimate of drug-likeness (QED) is 0.612. The smallest absolute Gasteiger partial charge is 0.0589 e. The van der Waals surface area contributed by atoms with Gasteiger partial charge in [-0.1, -0.05) is 20.8 Å². The molecule has 0 amide bonds. The van der Waals surface area contributed by atoms with Crippen molar-refractivity contribution in [2.24, 2.45) is 5.41 Å². The maximum atomic E-state index is 5.18. The fourth-order valence-corrected chi connectivity index (χ4v) is 2.01. The van der Waals surface area contributed by atoms with Crippen molar-refractivity contribution < 1.29 is 9.47 Å². The van der Waals surface area contributed by atoms with Crippen LogP contribution in [0.4, 0.5) is 0 Å². The lowest BCUT2D eigenvalue weighted by Crippen LogP contribution is -2.48. The monoisotopic (exact) mass is 260 g/mol. The van der Waals surface area contributed by atoms with Crippen molar-refractivity contribution in [3.63, 3.8) is 0 Å². The molecule has 0 saturated heterocycles. The Morgan fingerprint density at radius 2 is 1.61 bits per heavy atom. The van der Waals surface area contributed by atoms with Gasteiger partial charge in [0.1, 0.15) is 0 Å². The second-order valence-corrected chi connectivity index (χ2v) is 5.53. The molecule has 0 heterocycles. The van der Waals surface area contributed by atoms with E-state index in [1.807, 2.05) is 0 Å². The molecule has 0 aromatic rings. The Hall–Kier alpha value is -0.160. The highest BCUT2D eigenvalue weighted by atomic mass is 16.5. The maximum absolute atomic E-state index is 5.18. The molecule has 1 atom stereocenters. The molecular formula is C14H32N2O2. The Morgan fingerprint density at radius 1 is 1.11 bits per heavy atom. The highest BCUT2D eigenvalue weighted by Crippen LogP contribution is 2.22. The first-order chi connectivity index (χ1) is 8.47. The van der Waals surface area contributed by atoms with Gasteiger partial charge in [-0.3, -0.25) is 4.90 Å². The highest BCUT2D eigenvalue weighted by Gasteiger charge is 2.27. The van der Waals surface area contributed by atoms with Crippen molar-refractivity contribution in [1.82, 2.24) is 10.2 Å². The minimum atomic E-state index is 0.234. The summed E-state index contributed by atoms with van der Waals surface area (Å²) >= 11 is 0. The van der Waals surface area contributed by atoms with Crippen molar-refractivity contribution in [1.29, 1.82) is 0 Å². The van der Waals surface area contributed by atoms with Crippen molar-refractivity contribution in [3.05, 3.63) is 0 Å². The molecule has 0 fully saturated rings. The lowest BCUT2D eigenvalue weighted by Gasteiger charge is -2.37. The zero-order valence-electron chi connectivity index (χ0n) is 13.1. The minimum Gasteiger partial charge on any atom is -0.383 e. The van der Waals surface area contributed by atoms with Crippen molar-refractivity contribution >= 4 is 0 Å². The van der Waals surface area contributed by atoms with E-state index in [2.05, 4.69) is 37.9 Å². The van der Waals surface area contributed by atoms with Gasteiger partial charge in [0.2, 0.25) is 0 Å². The molecule has 0 bridgehead atoms. The second kappa shape index (κ2) is 9.73. The largest absolute Gasteiger partial charge is 0.383 e. The van der Waals surface area contributed by atoms with Gasteiger partial charge in [0.15, 0.2) is 0 Å². The molecule has 0 radical (unpaired) electrons. The van der Waals surface area contributed by atoms with Crippen LogP contribution < -0.4 is 5.32 Å². The van der Waals surface area contributed by atoms with E-state index in [1.165, 1.54) is 0 Å². The molecule has 0 aliphatic heterocycles. The number of hydrogen-bond donors (Lipinski definition) is 1. The van der Waals surface area contributed by atoms with Crippen molar-refractivity contribution in [2.45, 2.75) is 33.7 Å². The molecule has 0 saturated carbocycles. The number of methoxy groups -OCH3 is 2. The van der Waals surface area contributed by atoms with E-state index in [1.54, 1.807) is 14.2 Å². The molecule has 18 heavy (non-hydrogen) atoms. The highest BCUT2D eigenvalue weighted by molar-refractivity contribution is 4.83. The zero-order chi connectivity index (χ0) is 14.0. The van der Waals surface area contributed by atoms with Crippen LogP contribution in [0.5, 0.6) is 0 Å². The molecule has 0 spiro atoms. The fourth-order valence-electron chi connectivity index (χ4n) is 2.01. The molecule has 110 valence electrons. The summed E-state index contributed by atoms with van der Waals surface area (Å²) < 4.78 is 10.4. The van der Waals surface area contributed by atoms with Crippen LogP contribution >= 0.6 is 0 Å². The lowest BCUT2D eigenvalue weighted by atomic mass is 9.84. The average Bonchev–Trinajstić information content (AvgIpc) is 2.32. The van der Waals surface area contributed by atoms with Crippen LogP contribution in [0.1, 0.15) is 27.7 Å². The van der Waals surface area contributed by atoms with Crippen LogP contribution in [0, 0.1) is 5.41 Å². The van der Waals surface area contributed by atoms with Gasteiger partial charge in [-0.25, -0.2) is 0 Å². The summed E-state index contributed by atoms with van der Waals surface area (Å²) in [6, 6.07) is 0.495. The van der Waals surface area contributed by atoms with Crippen LogP contribution in [0.25, 0.3) is 0 Å². The molecule has 0 aliphatic rings. The molecular weight excluding hydrogens is 228 g/mol.